The van der Waals surface area contributed by atoms with Gasteiger partial charge < -0.3 is 25.1 Å². The Morgan fingerprint density at radius 2 is 1.90 bits per heavy atom. The first kappa shape index (κ1) is 19.5. The van der Waals surface area contributed by atoms with Gasteiger partial charge in [-0.1, -0.05) is 18.2 Å². The molecular formula is C24H24N4O3. The van der Waals surface area contributed by atoms with Crippen LogP contribution in [0.4, 0.5) is 5.69 Å². The van der Waals surface area contributed by atoms with Crippen LogP contribution in [0.1, 0.15) is 18.4 Å². The first-order valence-corrected chi connectivity index (χ1v) is 10.5. The van der Waals surface area contributed by atoms with Gasteiger partial charge in [0.1, 0.15) is 5.82 Å². The van der Waals surface area contributed by atoms with Crippen LogP contribution in [0.25, 0.3) is 33.5 Å². The van der Waals surface area contributed by atoms with Gasteiger partial charge >= 0.3 is 0 Å². The van der Waals surface area contributed by atoms with Gasteiger partial charge in [-0.3, -0.25) is 4.79 Å². The highest BCUT2D eigenvalue weighted by Gasteiger charge is 2.18. The van der Waals surface area contributed by atoms with E-state index in [1.165, 1.54) is 0 Å². The standard InChI is InChI=1S/C24H24N4O3/c29-14-15-2-1-3-16(10-15)17-11-20(24(31)25-13-17)23-26-21-5-4-18(12-22(21)27-23)28-8-6-19(30)7-9-28/h1-5,10-13,19,29-30H,6-9,14H2,(H,25,31)(H,26,27). The highest BCUT2D eigenvalue weighted by atomic mass is 16.3. The fourth-order valence-corrected chi connectivity index (χ4v) is 4.12. The number of aliphatic hydroxyl groups is 2. The molecule has 2 aromatic carbocycles. The Kier molecular flexibility index (Phi) is 5.05. The van der Waals surface area contributed by atoms with Gasteiger partial charge in [0.05, 0.1) is 29.3 Å². The van der Waals surface area contributed by atoms with Crippen LogP contribution >= 0.6 is 0 Å². The number of nitrogens with one attached hydrogen (secondary N) is 2. The number of hydrogen-bond donors (Lipinski definition) is 4. The molecule has 0 radical (unpaired) electrons. The maximum absolute atomic E-state index is 12.6. The molecule has 2 aromatic heterocycles. The zero-order valence-corrected chi connectivity index (χ0v) is 17.0. The van der Waals surface area contributed by atoms with E-state index in [1.807, 2.05) is 48.5 Å². The summed E-state index contributed by atoms with van der Waals surface area (Å²) in [6.07, 6.45) is 3.00. The predicted octanol–water partition coefficient (Wildman–Crippen LogP) is 3.04. The molecule has 7 heteroatoms. The van der Waals surface area contributed by atoms with Gasteiger partial charge in [-0.2, -0.15) is 0 Å². The molecule has 5 rings (SSSR count). The van der Waals surface area contributed by atoms with Gasteiger partial charge in [0.25, 0.3) is 5.56 Å². The van der Waals surface area contributed by atoms with Crippen molar-refractivity contribution in [3.05, 3.63) is 70.6 Å². The average molecular weight is 416 g/mol. The summed E-state index contributed by atoms with van der Waals surface area (Å²) in [4.78, 5) is 25.6. The van der Waals surface area contributed by atoms with E-state index in [1.54, 1.807) is 6.20 Å². The van der Waals surface area contributed by atoms with Crippen LogP contribution in [0.5, 0.6) is 0 Å². The fraction of sp³-hybridized carbons (Fsp3) is 0.250. The zero-order chi connectivity index (χ0) is 21.4. The molecule has 4 N–H and O–H groups in total. The van der Waals surface area contributed by atoms with Crippen molar-refractivity contribution in [2.24, 2.45) is 0 Å². The predicted molar refractivity (Wildman–Crippen MR) is 121 cm³/mol. The van der Waals surface area contributed by atoms with Crippen LogP contribution in [0.15, 0.2) is 59.5 Å². The van der Waals surface area contributed by atoms with E-state index in [-0.39, 0.29) is 18.3 Å². The average Bonchev–Trinajstić information content (AvgIpc) is 3.23. The van der Waals surface area contributed by atoms with Crippen LogP contribution in [0, 0.1) is 0 Å². The molecule has 0 saturated carbocycles. The number of anilines is 1. The van der Waals surface area contributed by atoms with E-state index in [2.05, 4.69) is 14.9 Å². The molecule has 158 valence electrons. The van der Waals surface area contributed by atoms with E-state index in [0.29, 0.717) is 11.4 Å². The fourth-order valence-electron chi connectivity index (χ4n) is 4.12. The molecular weight excluding hydrogens is 392 g/mol. The minimum absolute atomic E-state index is 0.0358. The Morgan fingerprint density at radius 1 is 1.06 bits per heavy atom. The monoisotopic (exact) mass is 416 g/mol. The van der Waals surface area contributed by atoms with Crippen LogP contribution in [0.3, 0.4) is 0 Å². The smallest absolute Gasteiger partial charge is 0.259 e. The molecule has 1 aliphatic rings. The van der Waals surface area contributed by atoms with Gasteiger partial charge in [-0.05, 0) is 59.9 Å². The maximum atomic E-state index is 12.6. The number of fused-ring (bicyclic) bond motifs is 1. The van der Waals surface area contributed by atoms with Gasteiger partial charge in [-0.15, -0.1) is 0 Å². The molecule has 0 bridgehead atoms. The summed E-state index contributed by atoms with van der Waals surface area (Å²) in [6.45, 7) is 1.60. The number of aliphatic hydroxyl groups excluding tert-OH is 2. The summed E-state index contributed by atoms with van der Waals surface area (Å²) in [6, 6.07) is 15.5. The number of pyridine rings is 1. The third-order valence-corrected chi connectivity index (χ3v) is 5.90. The van der Waals surface area contributed by atoms with Crippen molar-refractivity contribution in [2.45, 2.75) is 25.6 Å². The number of imidazole rings is 1. The highest BCUT2D eigenvalue weighted by molar-refractivity contribution is 5.83. The van der Waals surface area contributed by atoms with Crippen molar-refractivity contribution in [1.29, 1.82) is 0 Å². The first-order valence-electron chi connectivity index (χ1n) is 10.5. The second-order valence-corrected chi connectivity index (χ2v) is 7.99. The molecule has 3 heterocycles. The topological polar surface area (TPSA) is 105 Å². The highest BCUT2D eigenvalue weighted by Crippen LogP contribution is 2.27. The largest absolute Gasteiger partial charge is 0.393 e. The van der Waals surface area contributed by atoms with Crippen molar-refractivity contribution in [3.63, 3.8) is 0 Å². The molecule has 1 saturated heterocycles. The second-order valence-electron chi connectivity index (χ2n) is 7.99. The summed E-state index contributed by atoms with van der Waals surface area (Å²) < 4.78 is 0. The molecule has 0 amide bonds. The van der Waals surface area contributed by atoms with Crippen LogP contribution < -0.4 is 10.5 Å². The molecule has 7 nitrogen and oxygen atoms in total. The maximum Gasteiger partial charge on any atom is 0.259 e. The molecule has 1 aliphatic heterocycles. The number of H-pyrrole nitrogens is 2. The van der Waals surface area contributed by atoms with E-state index >= 15 is 0 Å². The Bertz CT molecular complexity index is 1290. The quantitative estimate of drug-likeness (QED) is 0.409. The zero-order valence-electron chi connectivity index (χ0n) is 17.0. The van der Waals surface area contributed by atoms with Gasteiger partial charge in [0.15, 0.2) is 0 Å². The van der Waals surface area contributed by atoms with E-state index in [4.69, 9.17) is 4.98 Å². The van der Waals surface area contributed by atoms with Gasteiger partial charge in [0, 0.05) is 25.0 Å². The van der Waals surface area contributed by atoms with E-state index in [9.17, 15) is 15.0 Å². The minimum Gasteiger partial charge on any atom is -0.393 e. The van der Waals surface area contributed by atoms with E-state index < -0.39 is 0 Å². The number of hydrogen-bond acceptors (Lipinski definition) is 5. The Hall–Kier alpha value is -3.42. The SMILES string of the molecule is O=c1[nH]cc(-c2cccc(CO)c2)cc1-c1nc2cc(N3CCC(O)CC3)ccc2[nH]1. The van der Waals surface area contributed by atoms with Crippen molar-refractivity contribution < 1.29 is 10.2 Å². The summed E-state index contributed by atoms with van der Waals surface area (Å²) in [5, 5.41) is 19.2. The molecule has 4 aromatic rings. The van der Waals surface area contributed by atoms with E-state index in [0.717, 1.165) is 59.3 Å². The van der Waals surface area contributed by atoms with Crippen LogP contribution in [0.2, 0.25) is 0 Å². The summed E-state index contributed by atoms with van der Waals surface area (Å²) in [5.74, 6) is 0.516. The number of benzene rings is 2. The third-order valence-electron chi connectivity index (χ3n) is 5.90. The lowest BCUT2D eigenvalue weighted by molar-refractivity contribution is 0.145. The van der Waals surface area contributed by atoms with Gasteiger partial charge in [0.2, 0.25) is 0 Å². The molecule has 0 unspecified atom stereocenters. The molecule has 1 fully saturated rings. The Labute approximate surface area is 179 Å². The number of aromatic amines is 2. The summed E-state index contributed by atoms with van der Waals surface area (Å²) in [7, 11) is 0. The third kappa shape index (κ3) is 3.85. The Balaban J connectivity index is 1.51. The number of piperidine rings is 1. The molecule has 31 heavy (non-hydrogen) atoms. The summed E-state index contributed by atoms with van der Waals surface area (Å²) >= 11 is 0. The molecule has 0 atom stereocenters. The first-order chi connectivity index (χ1) is 15.1. The van der Waals surface area contributed by atoms with Gasteiger partial charge in [-0.25, -0.2) is 4.98 Å². The Morgan fingerprint density at radius 3 is 2.71 bits per heavy atom. The van der Waals surface area contributed by atoms with Crippen LogP contribution in [-0.2, 0) is 6.61 Å². The number of rotatable bonds is 4. The van der Waals surface area contributed by atoms with Crippen molar-refractivity contribution in [2.75, 3.05) is 18.0 Å². The molecule has 0 aliphatic carbocycles. The number of nitrogens with zero attached hydrogens (tertiary/aromatic N) is 2. The minimum atomic E-state index is -0.216. The van der Waals surface area contributed by atoms with Crippen molar-refractivity contribution in [3.8, 4) is 22.5 Å². The van der Waals surface area contributed by atoms with Crippen molar-refractivity contribution in [1.82, 2.24) is 15.0 Å². The normalized spacial score (nSPS) is 15.0. The lowest BCUT2D eigenvalue weighted by Crippen LogP contribution is -2.35. The summed E-state index contributed by atoms with van der Waals surface area (Å²) in [5.41, 5.74) is 5.55. The van der Waals surface area contributed by atoms with Crippen molar-refractivity contribution >= 4 is 16.7 Å². The lowest BCUT2D eigenvalue weighted by Gasteiger charge is -2.31. The molecule has 0 spiro atoms. The lowest BCUT2D eigenvalue weighted by atomic mass is 10.0. The second kappa shape index (κ2) is 8.02. The van der Waals surface area contributed by atoms with Crippen LogP contribution in [-0.4, -0.2) is 44.4 Å². The number of aromatic nitrogens is 3.